The number of aromatic nitrogens is 6. The zero-order chi connectivity index (χ0) is 25.9. The first-order valence-electron chi connectivity index (χ1n) is 11.7. The Kier molecular flexibility index (Phi) is 5.30. The van der Waals surface area contributed by atoms with Gasteiger partial charge in [-0.05, 0) is 43.9 Å². The summed E-state index contributed by atoms with van der Waals surface area (Å²) in [5, 5.41) is 8.71. The first-order valence-corrected chi connectivity index (χ1v) is 11.7. The van der Waals surface area contributed by atoms with E-state index in [0.717, 1.165) is 28.4 Å². The molecule has 5 aromatic heterocycles. The number of H-pyrrole nitrogens is 1. The average molecular weight is 509 g/mol. The lowest BCUT2D eigenvalue weighted by Crippen LogP contribution is -2.41. The Bertz CT molecular complexity index is 1630. The number of rotatable bonds is 4. The van der Waals surface area contributed by atoms with Gasteiger partial charge in [-0.15, -0.1) is 0 Å². The Balaban J connectivity index is 1.43. The van der Waals surface area contributed by atoms with Crippen molar-refractivity contribution in [1.82, 2.24) is 39.0 Å². The van der Waals surface area contributed by atoms with Crippen molar-refractivity contribution < 1.29 is 18.0 Å². The number of nitrogens with zero attached hydrogens (tertiary/aromatic N) is 7. The third-order valence-electron chi connectivity index (χ3n) is 6.57. The van der Waals surface area contributed by atoms with Gasteiger partial charge in [0.25, 0.3) is 5.91 Å². The van der Waals surface area contributed by atoms with Crippen LogP contribution in [0.15, 0.2) is 55.1 Å². The second kappa shape index (κ2) is 8.44. The summed E-state index contributed by atoms with van der Waals surface area (Å²) >= 11 is 0. The number of imidazole rings is 1. The van der Waals surface area contributed by atoms with E-state index in [4.69, 9.17) is 0 Å². The van der Waals surface area contributed by atoms with Crippen LogP contribution in [0.5, 0.6) is 0 Å². The maximum Gasteiger partial charge on any atom is 0.433 e. The number of hydrogen-bond donors (Lipinski definition) is 1. The highest BCUT2D eigenvalue weighted by atomic mass is 19.4. The van der Waals surface area contributed by atoms with E-state index in [1.54, 1.807) is 21.5 Å². The van der Waals surface area contributed by atoms with Gasteiger partial charge in [0, 0.05) is 31.4 Å². The lowest BCUT2D eigenvalue weighted by Gasteiger charge is -2.33. The van der Waals surface area contributed by atoms with Crippen molar-refractivity contribution in [1.29, 1.82) is 0 Å². The molecule has 0 saturated carbocycles. The number of halogens is 3. The normalized spacial score (nSPS) is 16.2. The fourth-order valence-corrected chi connectivity index (χ4v) is 4.98. The molecule has 6 heterocycles. The van der Waals surface area contributed by atoms with Crippen LogP contribution in [0.2, 0.25) is 0 Å². The van der Waals surface area contributed by atoms with Crippen molar-refractivity contribution in [2.75, 3.05) is 20.6 Å². The molecule has 0 aromatic carbocycles. The van der Waals surface area contributed by atoms with Crippen molar-refractivity contribution in [3.8, 4) is 0 Å². The van der Waals surface area contributed by atoms with E-state index < -0.39 is 17.9 Å². The minimum absolute atomic E-state index is 0.282. The van der Waals surface area contributed by atoms with Gasteiger partial charge in [-0.2, -0.15) is 23.4 Å². The maximum atomic E-state index is 13.9. The highest BCUT2D eigenvalue weighted by Crippen LogP contribution is 2.36. The van der Waals surface area contributed by atoms with E-state index in [9.17, 15) is 18.0 Å². The molecular formula is C25H23F3N8O. The number of nitrogens with one attached hydrogen (secondary N) is 1. The van der Waals surface area contributed by atoms with Gasteiger partial charge in [-0.1, -0.05) is 12.1 Å². The second-order valence-corrected chi connectivity index (χ2v) is 9.40. The van der Waals surface area contributed by atoms with Crippen molar-refractivity contribution in [2.24, 2.45) is 0 Å². The lowest BCUT2D eigenvalue weighted by molar-refractivity contribution is -0.142. The zero-order valence-corrected chi connectivity index (χ0v) is 20.1. The molecule has 1 atom stereocenters. The number of hydrogen-bond acceptors (Lipinski definition) is 5. The quantitative estimate of drug-likeness (QED) is 0.401. The Morgan fingerprint density at radius 1 is 1.22 bits per heavy atom. The molecular weight excluding hydrogens is 485 g/mol. The summed E-state index contributed by atoms with van der Waals surface area (Å²) in [6.07, 6.45) is 0.895. The van der Waals surface area contributed by atoms with Crippen LogP contribution in [-0.4, -0.2) is 65.5 Å². The van der Waals surface area contributed by atoms with Crippen LogP contribution in [-0.2, 0) is 19.1 Å². The molecule has 0 bridgehead atoms. The van der Waals surface area contributed by atoms with Gasteiger partial charge in [0.05, 0.1) is 40.5 Å². The second-order valence-electron chi connectivity index (χ2n) is 9.40. The summed E-state index contributed by atoms with van der Waals surface area (Å²) in [5.74, 6) is -0.290. The maximum absolute atomic E-state index is 13.9. The molecule has 0 radical (unpaired) electrons. The van der Waals surface area contributed by atoms with Crippen LogP contribution in [0.1, 0.15) is 44.7 Å². The van der Waals surface area contributed by atoms with Gasteiger partial charge in [-0.3, -0.25) is 4.79 Å². The number of fused-ring (bicyclic) bond motifs is 3. The Hall–Kier alpha value is -4.19. The van der Waals surface area contributed by atoms with Crippen LogP contribution in [0, 0.1) is 0 Å². The van der Waals surface area contributed by atoms with Crippen molar-refractivity contribution in [3.05, 3.63) is 89.0 Å². The average Bonchev–Trinajstić information content (AvgIpc) is 3.58. The zero-order valence-electron chi connectivity index (χ0n) is 20.1. The van der Waals surface area contributed by atoms with Crippen molar-refractivity contribution in [3.63, 3.8) is 0 Å². The Morgan fingerprint density at radius 2 is 2.05 bits per heavy atom. The molecule has 9 nitrogen and oxygen atoms in total. The molecule has 1 amide bonds. The number of aromatic amines is 1. The van der Waals surface area contributed by atoms with Gasteiger partial charge < -0.3 is 14.8 Å². The molecule has 0 fully saturated rings. The molecule has 1 N–H and O–H groups in total. The van der Waals surface area contributed by atoms with Crippen LogP contribution in [0.3, 0.4) is 0 Å². The van der Waals surface area contributed by atoms with E-state index in [2.05, 4.69) is 20.2 Å². The molecule has 0 spiro atoms. The van der Waals surface area contributed by atoms with Gasteiger partial charge in [-0.25, -0.2) is 14.0 Å². The number of carbonyl (C=O) groups excluding carboxylic acids is 1. The Morgan fingerprint density at radius 3 is 2.84 bits per heavy atom. The van der Waals surface area contributed by atoms with Crippen molar-refractivity contribution >= 4 is 16.9 Å². The molecule has 0 saturated heterocycles. The summed E-state index contributed by atoms with van der Waals surface area (Å²) in [6, 6.07) is 8.52. The molecule has 1 aliphatic heterocycles. The molecule has 37 heavy (non-hydrogen) atoms. The van der Waals surface area contributed by atoms with E-state index in [1.165, 1.54) is 18.6 Å². The predicted octanol–water partition coefficient (Wildman–Crippen LogP) is 3.57. The molecule has 1 unspecified atom stereocenters. The van der Waals surface area contributed by atoms with Gasteiger partial charge in [0.1, 0.15) is 11.7 Å². The third-order valence-corrected chi connectivity index (χ3v) is 6.57. The number of carbonyl (C=O) groups is 1. The van der Waals surface area contributed by atoms with E-state index >= 15 is 0 Å². The predicted molar refractivity (Wildman–Crippen MR) is 128 cm³/mol. The number of amides is 1. The van der Waals surface area contributed by atoms with E-state index in [1.807, 2.05) is 37.3 Å². The highest BCUT2D eigenvalue weighted by molar-refractivity contribution is 6.01. The monoisotopic (exact) mass is 508 g/mol. The Labute approximate surface area is 209 Å². The van der Waals surface area contributed by atoms with Gasteiger partial charge >= 0.3 is 6.18 Å². The highest BCUT2D eigenvalue weighted by Gasteiger charge is 2.39. The SMILES string of the molecule is CN(C)Cc1ccc2c(C(=O)N3CCc4[nH]cnc4C3c3cc4cccc(C(F)(F)F)n4n3)cnn2c1. The third kappa shape index (κ3) is 3.93. The van der Waals surface area contributed by atoms with Crippen LogP contribution in [0.25, 0.3) is 11.0 Å². The van der Waals surface area contributed by atoms with Crippen LogP contribution < -0.4 is 0 Å². The molecule has 1 aliphatic rings. The van der Waals surface area contributed by atoms with Gasteiger partial charge in [0.2, 0.25) is 0 Å². The lowest BCUT2D eigenvalue weighted by atomic mass is 9.98. The molecule has 6 rings (SSSR count). The van der Waals surface area contributed by atoms with Gasteiger partial charge in [0.15, 0.2) is 0 Å². The number of pyridine rings is 2. The molecule has 12 heteroatoms. The van der Waals surface area contributed by atoms with Crippen LogP contribution >= 0.6 is 0 Å². The summed E-state index contributed by atoms with van der Waals surface area (Å²) in [7, 11) is 3.94. The minimum Gasteiger partial charge on any atom is -0.348 e. The van der Waals surface area contributed by atoms with E-state index in [0.29, 0.717) is 35.4 Å². The fourth-order valence-electron chi connectivity index (χ4n) is 4.98. The fraction of sp³-hybridized carbons (Fsp3) is 0.280. The molecule has 0 aliphatic carbocycles. The topological polar surface area (TPSA) is 86.8 Å². The summed E-state index contributed by atoms with van der Waals surface area (Å²) in [5.41, 5.74) is 3.20. The number of alkyl halides is 3. The van der Waals surface area contributed by atoms with Crippen molar-refractivity contribution in [2.45, 2.75) is 25.2 Å². The molecule has 5 aromatic rings. The largest absolute Gasteiger partial charge is 0.433 e. The molecule has 190 valence electrons. The van der Waals surface area contributed by atoms with E-state index in [-0.39, 0.29) is 11.4 Å². The standard InChI is InChI=1S/C25H23F3N8O/c1-33(2)12-15-6-7-20-17(11-31-35(20)13-15)24(37)34-9-8-18-22(30-14-29-18)23(34)19-10-16-4-3-5-21(25(26,27)28)36(16)32-19/h3-7,10-11,13-14,23H,8-9,12H2,1-2H3,(H,29,30). The van der Waals surface area contributed by atoms with Crippen LogP contribution in [0.4, 0.5) is 13.2 Å². The first kappa shape index (κ1) is 23.2. The summed E-state index contributed by atoms with van der Waals surface area (Å²) < 4.78 is 43.5. The summed E-state index contributed by atoms with van der Waals surface area (Å²) in [6.45, 7) is 1.07. The first-order chi connectivity index (χ1) is 17.7. The minimum atomic E-state index is -4.58. The smallest absolute Gasteiger partial charge is 0.348 e. The summed E-state index contributed by atoms with van der Waals surface area (Å²) in [4.78, 5) is 25.1.